The molecule has 1 aromatic carbocycles. The van der Waals surface area contributed by atoms with Crippen molar-refractivity contribution in [3.8, 4) is 0 Å². The summed E-state index contributed by atoms with van der Waals surface area (Å²) in [5.41, 5.74) is 4.03. The smallest absolute Gasteiger partial charge is 0.276 e. The number of hydrogen-bond donors (Lipinski definition) is 3. The number of amides is 1. The van der Waals surface area contributed by atoms with Crippen LogP contribution < -0.4 is 10.6 Å². The van der Waals surface area contributed by atoms with Gasteiger partial charge in [-0.2, -0.15) is 5.10 Å². The van der Waals surface area contributed by atoms with Crippen LogP contribution in [0.2, 0.25) is 0 Å². The lowest BCUT2D eigenvalue weighted by Gasteiger charge is -2.32. The summed E-state index contributed by atoms with van der Waals surface area (Å²) in [4.78, 5) is 12.3. The zero-order valence-electron chi connectivity index (χ0n) is 13.3. The highest BCUT2D eigenvalue weighted by molar-refractivity contribution is 6.03. The van der Waals surface area contributed by atoms with Crippen molar-refractivity contribution in [3.05, 3.63) is 46.8 Å². The van der Waals surface area contributed by atoms with Crippen molar-refractivity contribution >= 4 is 11.6 Å². The molecule has 0 radical (unpaired) electrons. The van der Waals surface area contributed by atoms with Crippen LogP contribution in [0.25, 0.3) is 0 Å². The lowest BCUT2D eigenvalue weighted by atomic mass is 9.96. The summed E-state index contributed by atoms with van der Waals surface area (Å²) in [5.74, 6) is -0.226. The Morgan fingerprint density at radius 2 is 2.13 bits per heavy atom. The van der Waals surface area contributed by atoms with E-state index in [0.717, 1.165) is 23.2 Å². The van der Waals surface area contributed by atoms with E-state index in [4.69, 9.17) is 0 Å². The Morgan fingerprint density at radius 1 is 1.39 bits per heavy atom. The van der Waals surface area contributed by atoms with Crippen LogP contribution in [-0.2, 0) is 12.8 Å². The second-order valence-electron chi connectivity index (χ2n) is 5.92. The largest absolute Gasteiger partial charge is 0.321 e. The van der Waals surface area contributed by atoms with Gasteiger partial charge in [0.15, 0.2) is 5.69 Å². The summed E-state index contributed by atoms with van der Waals surface area (Å²) in [7, 11) is 0. The molecule has 1 aliphatic heterocycles. The molecule has 3 N–H and O–H groups in total. The van der Waals surface area contributed by atoms with Gasteiger partial charge in [0.2, 0.25) is 0 Å². The highest BCUT2D eigenvalue weighted by Gasteiger charge is 2.29. The molecule has 0 aliphatic carbocycles. The lowest BCUT2D eigenvalue weighted by molar-refractivity contribution is 0.102. The molecule has 2 unspecified atom stereocenters. The van der Waals surface area contributed by atoms with Crippen molar-refractivity contribution < 1.29 is 9.18 Å². The monoisotopic (exact) mass is 316 g/mol. The van der Waals surface area contributed by atoms with Crippen molar-refractivity contribution in [2.75, 3.05) is 11.9 Å². The van der Waals surface area contributed by atoms with E-state index in [0.29, 0.717) is 24.3 Å². The van der Waals surface area contributed by atoms with Crippen LogP contribution in [0.15, 0.2) is 24.3 Å². The first-order valence-corrected chi connectivity index (χ1v) is 7.90. The van der Waals surface area contributed by atoms with Gasteiger partial charge in [0.05, 0.1) is 0 Å². The fraction of sp³-hybridized carbons (Fsp3) is 0.412. The van der Waals surface area contributed by atoms with Crippen LogP contribution in [0.3, 0.4) is 0 Å². The van der Waals surface area contributed by atoms with Crippen LogP contribution in [0, 0.1) is 6.92 Å². The summed E-state index contributed by atoms with van der Waals surface area (Å²) in [6, 6.07) is 7.41. The van der Waals surface area contributed by atoms with Gasteiger partial charge in [-0.15, -0.1) is 0 Å². The summed E-state index contributed by atoms with van der Waals surface area (Å²) >= 11 is 0. The molecule has 2 heterocycles. The number of halogens is 1. The van der Waals surface area contributed by atoms with E-state index in [1.165, 1.54) is 0 Å². The number of aromatic amines is 1. The van der Waals surface area contributed by atoms with E-state index in [1.54, 1.807) is 0 Å². The first kappa shape index (κ1) is 15.7. The molecule has 0 saturated carbocycles. The molecule has 1 aliphatic rings. The minimum Gasteiger partial charge on any atom is -0.321 e. The molecule has 2 atom stereocenters. The maximum atomic E-state index is 13.2. The van der Waals surface area contributed by atoms with Gasteiger partial charge in [0.25, 0.3) is 5.91 Å². The number of aryl methyl sites for hydroxylation is 1. The summed E-state index contributed by atoms with van der Waals surface area (Å²) in [5, 5.41) is 12.9. The zero-order valence-corrected chi connectivity index (χ0v) is 13.3. The molecule has 122 valence electrons. The standard InChI is InChI=1S/C17H21FN4O/c1-3-14-10(2)16(22-21-14)17(23)20-12-6-4-11(5-7-12)8-15-13(18)9-19-15/h4-7,13,15,19H,3,8-9H2,1-2H3,(H,20,23)(H,21,22). The number of nitrogens with one attached hydrogen (secondary N) is 3. The van der Waals surface area contributed by atoms with Gasteiger partial charge in [-0.05, 0) is 37.5 Å². The Balaban J connectivity index is 1.63. The van der Waals surface area contributed by atoms with Gasteiger partial charge in [-0.3, -0.25) is 9.89 Å². The Hall–Kier alpha value is -2.21. The van der Waals surface area contributed by atoms with Gasteiger partial charge >= 0.3 is 0 Å². The Morgan fingerprint density at radius 3 is 2.65 bits per heavy atom. The quantitative estimate of drug-likeness (QED) is 0.793. The van der Waals surface area contributed by atoms with Crippen molar-refractivity contribution in [1.82, 2.24) is 15.5 Å². The number of carbonyl (C=O) groups excluding carboxylic acids is 1. The Labute approximate surface area is 134 Å². The van der Waals surface area contributed by atoms with Gasteiger partial charge in [-0.25, -0.2) is 4.39 Å². The SMILES string of the molecule is CCc1[nH]nc(C(=O)Nc2ccc(CC3NCC3F)cc2)c1C. The zero-order chi connectivity index (χ0) is 16.4. The van der Waals surface area contributed by atoms with E-state index in [9.17, 15) is 9.18 Å². The predicted molar refractivity (Wildman–Crippen MR) is 87.5 cm³/mol. The van der Waals surface area contributed by atoms with Crippen LogP contribution in [0.1, 0.15) is 34.2 Å². The topological polar surface area (TPSA) is 69.8 Å². The fourth-order valence-electron chi connectivity index (χ4n) is 2.74. The average molecular weight is 316 g/mol. The molecule has 1 saturated heterocycles. The third kappa shape index (κ3) is 3.27. The van der Waals surface area contributed by atoms with Gasteiger partial charge < -0.3 is 10.6 Å². The first-order valence-electron chi connectivity index (χ1n) is 7.90. The molecule has 1 amide bonds. The van der Waals surface area contributed by atoms with Gasteiger partial charge in [0, 0.05) is 29.5 Å². The van der Waals surface area contributed by atoms with Crippen LogP contribution in [-0.4, -0.2) is 34.9 Å². The second-order valence-corrected chi connectivity index (χ2v) is 5.92. The molecule has 2 aromatic rings. The summed E-state index contributed by atoms with van der Waals surface area (Å²) < 4.78 is 13.2. The molecular formula is C17H21FN4O. The molecule has 6 heteroatoms. The normalized spacial score (nSPS) is 20.1. The van der Waals surface area contributed by atoms with Gasteiger partial charge in [-0.1, -0.05) is 19.1 Å². The van der Waals surface area contributed by atoms with E-state index in [1.807, 2.05) is 38.1 Å². The average Bonchev–Trinajstić information content (AvgIpc) is 2.93. The first-order chi connectivity index (χ1) is 11.1. The van der Waals surface area contributed by atoms with Crippen LogP contribution in [0.5, 0.6) is 0 Å². The molecular weight excluding hydrogens is 295 g/mol. The molecule has 0 bridgehead atoms. The molecule has 5 nitrogen and oxygen atoms in total. The van der Waals surface area contributed by atoms with Crippen LogP contribution >= 0.6 is 0 Å². The minimum absolute atomic E-state index is 0.0883. The maximum Gasteiger partial charge on any atom is 0.276 e. The van der Waals surface area contributed by atoms with E-state index >= 15 is 0 Å². The van der Waals surface area contributed by atoms with Crippen molar-refractivity contribution in [2.24, 2.45) is 0 Å². The third-order valence-corrected chi connectivity index (χ3v) is 4.36. The Bertz CT molecular complexity index is 695. The molecule has 0 spiro atoms. The molecule has 1 fully saturated rings. The number of benzene rings is 1. The highest BCUT2D eigenvalue weighted by Crippen LogP contribution is 2.18. The van der Waals surface area contributed by atoms with Crippen molar-refractivity contribution in [1.29, 1.82) is 0 Å². The minimum atomic E-state index is -0.759. The van der Waals surface area contributed by atoms with E-state index < -0.39 is 6.17 Å². The number of nitrogens with zero attached hydrogens (tertiary/aromatic N) is 1. The molecule has 23 heavy (non-hydrogen) atoms. The number of anilines is 1. The maximum absolute atomic E-state index is 13.2. The van der Waals surface area contributed by atoms with Gasteiger partial charge in [0.1, 0.15) is 6.17 Å². The van der Waals surface area contributed by atoms with Crippen molar-refractivity contribution in [2.45, 2.75) is 38.9 Å². The lowest BCUT2D eigenvalue weighted by Crippen LogP contribution is -2.55. The highest BCUT2D eigenvalue weighted by atomic mass is 19.1. The number of aromatic nitrogens is 2. The van der Waals surface area contributed by atoms with Crippen molar-refractivity contribution in [3.63, 3.8) is 0 Å². The Kier molecular flexibility index (Phi) is 4.43. The summed E-state index contributed by atoms with van der Waals surface area (Å²) in [6.07, 6.45) is 0.712. The number of alkyl halides is 1. The number of H-pyrrole nitrogens is 1. The number of rotatable bonds is 5. The summed E-state index contributed by atoms with van der Waals surface area (Å²) in [6.45, 7) is 4.35. The third-order valence-electron chi connectivity index (χ3n) is 4.36. The molecule has 3 rings (SSSR count). The molecule has 1 aromatic heterocycles. The fourth-order valence-corrected chi connectivity index (χ4v) is 2.74. The predicted octanol–water partition coefficient (Wildman–Crippen LogP) is 2.39. The van der Waals surface area contributed by atoms with E-state index in [2.05, 4.69) is 20.8 Å². The second kappa shape index (κ2) is 6.50. The number of hydrogen-bond acceptors (Lipinski definition) is 3. The number of carbonyl (C=O) groups is 1. The van der Waals surface area contributed by atoms with E-state index in [-0.39, 0.29) is 11.9 Å². The van der Waals surface area contributed by atoms with Crippen LogP contribution in [0.4, 0.5) is 10.1 Å².